The van der Waals surface area contributed by atoms with Crippen LogP contribution in [-0.4, -0.2) is 28.8 Å². The SMILES string of the molecule is CC[C@H](C(=O)NC1CCCC1)N(Cc1ccccc1Cl)C(=O)Cc1ccc(Cl)c(Cl)c1. The van der Waals surface area contributed by atoms with E-state index in [1.54, 1.807) is 29.2 Å². The van der Waals surface area contributed by atoms with E-state index in [1.807, 2.05) is 25.1 Å². The normalized spacial score (nSPS) is 15.0. The maximum atomic E-state index is 13.4. The standard InChI is InChI=1S/C24H27Cl3N2O2/c1-2-22(24(31)28-18-8-4-5-9-18)29(15-17-7-3-6-10-19(17)25)23(30)14-16-11-12-20(26)21(27)13-16/h3,6-7,10-13,18,22H,2,4-5,8-9,14-15H2,1H3,(H,28,31)/t22-/m1/s1. The Hall–Kier alpha value is -1.75. The van der Waals surface area contributed by atoms with Gasteiger partial charge in [0, 0.05) is 17.6 Å². The molecule has 3 rings (SSSR count). The van der Waals surface area contributed by atoms with Crippen molar-refractivity contribution in [1.29, 1.82) is 0 Å². The zero-order valence-corrected chi connectivity index (χ0v) is 19.8. The van der Waals surface area contributed by atoms with Crippen LogP contribution in [0.15, 0.2) is 42.5 Å². The monoisotopic (exact) mass is 480 g/mol. The molecule has 0 spiro atoms. The molecule has 1 N–H and O–H groups in total. The van der Waals surface area contributed by atoms with Gasteiger partial charge < -0.3 is 10.2 Å². The average molecular weight is 482 g/mol. The first-order valence-corrected chi connectivity index (χ1v) is 11.8. The molecule has 0 radical (unpaired) electrons. The molecule has 1 aliphatic rings. The van der Waals surface area contributed by atoms with Gasteiger partial charge in [0.1, 0.15) is 6.04 Å². The average Bonchev–Trinajstić information content (AvgIpc) is 3.25. The lowest BCUT2D eigenvalue weighted by Gasteiger charge is -2.32. The fourth-order valence-electron chi connectivity index (χ4n) is 4.02. The van der Waals surface area contributed by atoms with Gasteiger partial charge in [-0.2, -0.15) is 0 Å². The minimum atomic E-state index is -0.577. The van der Waals surface area contributed by atoms with Crippen molar-refractivity contribution >= 4 is 46.6 Å². The number of hydrogen-bond acceptors (Lipinski definition) is 2. The molecule has 7 heteroatoms. The predicted molar refractivity (Wildman–Crippen MR) is 127 cm³/mol. The van der Waals surface area contributed by atoms with Gasteiger partial charge in [0.2, 0.25) is 11.8 Å². The van der Waals surface area contributed by atoms with Crippen molar-refractivity contribution < 1.29 is 9.59 Å². The third-order valence-electron chi connectivity index (χ3n) is 5.73. The minimum absolute atomic E-state index is 0.107. The van der Waals surface area contributed by atoms with Gasteiger partial charge in [-0.25, -0.2) is 0 Å². The van der Waals surface area contributed by atoms with Gasteiger partial charge in [0.15, 0.2) is 0 Å². The summed E-state index contributed by atoms with van der Waals surface area (Å²) in [6.07, 6.45) is 4.86. The number of hydrogen-bond donors (Lipinski definition) is 1. The molecule has 0 heterocycles. The summed E-state index contributed by atoms with van der Waals surface area (Å²) < 4.78 is 0. The highest BCUT2D eigenvalue weighted by molar-refractivity contribution is 6.42. The number of carbonyl (C=O) groups excluding carboxylic acids is 2. The first kappa shape index (κ1) is 23.9. The van der Waals surface area contributed by atoms with Crippen molar-refractivity contribution in [3.05, 3.63) is 68.7 Å². The van der Waals surface area contributed by atoms with E-state index in [-0.39, 0.29) is 30.8 Å². The summed E-state index contributed by atoms with van der Waals surface area (Å²) in [5.41, 5.74) is 1.55. The molecule has 0 bridgehead atoms. The molecule has 31 heavy (non-hydrogen) atoms. The van der Waals surface area contributed by atoms with Gasteiger partial charge in [0.05, 0.1) is 16.5 Å². The third kappa shape index (κ3) is 6.38. The molecular weight excluding hydrogens is 455 g/mol. The van der Waals surface area contributed by atoms with Gasteiger partial charge in [-0.05, 0) is 48.6 Å². The molecule has 0 unspecified atom stereocenters. The minimum Gasteiger partial charge on any atom is -0.352 e. The fraction of sp³-hybridized carbons (Fsp3) is 0.417. The maximum absolute atomic E-state index is 13.4. The predicted octanol–water partition coefficient (Wildman–Crippen LogP) is 6.06. The van der Waals surface area contributed by atoms with E-state index in [4.69, 9.17) is 34.8 Å². The van der Waals surface area contributed by atoms with E-state index in [0.29, 0.717) is 21.5 Å². The highest BCUT2D eigenvalue weighted by Crippen LogP contribution is 2.25. The number of benzene rings is 2. The van der Waals surface area contributed by atoms with Crippen LogP contribution in [0.25, 0.3) is 0 Å². The smallest absolute Gasteiger partial charge is 0.243 e. The van der Waals surface area contributed by atoms with Gasteiger partial charge >= 0.3 is 0 Å². The molecule has 0 aromatic heterocycles. The lowest BCUT2D eigenvalue weighted by Crippen LogP contribution is -2.51. The molecule has 2 aromatic carbocycles. The van der Waals surface area contributed by atoms with E-state index >= 15 is 0 Å². The molecule has 1 fully saturated rings. The summed E-state index contributed by atoms with van der Waals surface area (Å²) in [4.78, 5) is 28.2. The quantitative estimate of drug-likeness (QED) is 0.498. The lowest BCUT2D eigenvalue weighted by molar-refractivity contribution is -0.141. The Labute approximate surface area is 198 Å². The van der Waals surface area contributed by atoms with Gasteiger partial charge in [-0.15, -0.1) is 0 Å². The molecule has 2 aromatic rings. The summed E-state index contributed by atoms with van der Waals surface area (Å²) in [5.74, 6) is -0.268. The van der Waals surface area contributed by atoms with Crippen LogP contribution < -0.4 is 5.32 Å². The summed E-state index contributed by atoms with van der Waals surface area (Å²) in [6.45, 7) is 2.18. The zero-order chi connectivity index (χ0) is 22.4. The van der Waals surface area contributed by atoms with Crippen molar-refractivity contribution in [3.63, 3.8) is 0 Å². The van der Waals surface area contributed by atoms with E-state index in [0.717, 1.165) is 36.8 Å². The van der Waals surface area contributed by atoms with Gasteiger partial charge in [-0.1, -0.05) is 78.8 Å². The van der Waals surface area contributed by atoms with Crippen molar-refractivity contribution in [2.45, 2.75) is 64.1 Å². The van der Waals surface area contributed by atoms with Crippen molar-refractivity contribution in [2.75, 3.05) is 0 Å². The second-order valence-corrected chi connectivity index (χ2v) is 9.17. The van der Waals surface area contributed by atoms with Crippen molar-refractivity contribution in [1.82, 2.24) is 10.2 Å². The van der Waals surface area contributed by atoms with Gasteiger partial charge in [-0.3, -0.25) is 9.59 Å². The van der Waals surface area contributed by atoms with E-state index in [2.05, 4.69) is 5.32 Å². The molecule has 1 atom stereocenters. The number of nitrogens with one attached hydrogen (secondary N) is 1. The van der Waals surface area contributed by atoms with Crippen LogP contribution in [-0.2, 0) is 22.6 Å². The van der Waals surface area contributed by atoms with Crippen LogP contribution in [0.3, 0.4) is 0 Å². The van der Waals surface area contributed by atoms with Crippen LogP contribution in [0.2, 0.25) is 15.1 Å². The summed E-state index contributed by atoms with van der Waals surface area (Å²) >= 11 is 18.5. The second kappa shape index (κ2) is 11.2. The Bertz CT molecular complexity index is 929. The molecule has 2 amide bonds. The molecule has 166 valence electrons. The Morgan fingerprint density at radius 2 is 1.74 bits per heavy atom. The first-order valence-electron chi connectivity index (χ1n) is 10.7. The van der Waals surface area contributed by atoms with Crippen LogP contribution in [0.1, 0.15) is 50.2 Å². The lowest BCUT2D eigenvalue weighted by atomic mass is 10.1. The third-order valence-corrected chi connectivity index (χ3v) is 6.83. The van der Waals surface area contributed by atoms with Crippen LogP contribution in [0.5, 0.6) is 0 Å². The summed E-state index contributed by atoms with van der Waals surface area (Å²) in [5, 5.41) is 4.55. The van der Waals surface area contributed by atoms with Crippen LogP contribution in [0, 0.1) is 0 Å². The zero-order valence-electron chi connectivity index (χ0n) is 17.5. The van der Waals surface area contributed by atoms with E-state index in [9.17, 15) is 9.59 Å². The topological polar surface area (TPSA) is 49.4 Å². The van der Waals surface area contributed by atoms with Crippen LogP contribution in [0.4, 0.5) is 0 Å². The van der Waals surface area contributed by atoms with Crippen molar-refractivity contribution in [2.24, 2.45) is 0 Å². The Morgan fingerprint density at radius 3 is 2.39 bits per heavy atom. The summed E-state index contributed by atoms with van der Waals surface area (Å²) in [6, 6.07) is 12.1. The van der Waals surface area contributed by atoms with Crippen LogP contribution >= 0.6 is 34.8 Å². The maximum Gasteiger partial charge on any atom is 0.243 e. The van der Waals surface area contributed by atoms with Gasteiger partial charge in [0.25, 0.3) is 0 Å². The molecule has 4 nitrogen and oxygen atoms in total. The number of rotatable bonds is 8. The van der Waals surface area contributed by atoms with E-state index < -0.39 is 6.04 Å². The molecule has 1 aliphatic carbocycles. The second-order valence-electron chi connectivity index (χ2n) is 7.95. The Kier molecular flexibility index (Phi) is 8.65. The molecule has 0 saturated heterocycles. The first-order chi connectivity index (χ1) is 14.9. The number of halogens is 3. The van der Waals surface area contributed by atoms with E-state index in [1.165, 1.54) is 0 Å². The summed E-state index contributed by atoms with van der Waals surface area (Å²) in [7, 11) is 0. The molecule has 1 saturated carbocycles. The Morgan fingerprint density at radius 1 is 1.03 bits per heavy atom. The highest BCUT2D eigenvalue weighted by Gasteiger charge is 2.31. The molecule has 0 aliphatic heterocycles. The Balaban J connectivity index is 1.84. The van der Waals surface area contributed by atoms with Crippen molar-refractivity contribution in [3.8, 4) is 0 Å². The number of amides is 2. The highest BCUT2D eigenvalue weighted by atomic mass is 35.5. The number of carbonyl (C=O) groups is 2. The fourth-order valence-corrected chi connectivity index (χ4v) is 4.54. The number of nitrogens with zero attached hydrogens (tertiary/aromatic N) is 1. The molecular formula is C24H27Cl3N2O2. The largest absolute Gasteiger partial charge is 0.352 e.